The van der Waals surface area contributed by atoms with Gasteiger partial charge in [0.25, 0.3) is 0 Å². The molecule has 0 spiro atoms. The molecule has 0 radical (unpaired) electrons. The Hall–Kier alpha value is -2.37. The van der Waals surface area contributed by atoms with Crippen molar-refractivity contribution in [3.05, 3.63) is 29.8 Å². The van der Waals surface area contributed by atoms with Crippen molar-refractivity contribution >= 4 is 23.4 Å². The summed E-state index contributed by atoms with van der Waals surface area (Å²) in [7, 11) is 0. The molecule has 2 aliphatic heterocycles. The predicted molar refractivity (Wildman–Crippen MR) is 90.5 cm³/mol. The van der Waals surface area contributed by atoms with Crippen molar-refractivity contribution in [1.29, 1.82) is 0 Å². The first kappa shape index (κ1) is 16.5. The zero-order valence-electron chi connectivity index (χ0n) is 14.2. The Bertz CT molecular complexity index is 665. The van der Waals surface area contributed by atoms with Gasteiger partial charge >= 0.3 is 0 Å². The highest BCUT2D eigenvalue weighted by Crippen LogP contribution is 2.22. The summed E-state index contributed by atoms with van der Waals surface area (Å²) < 4.78 is 0. The fourth-order valence-corrected chi connectivity index (χ4v) is 3.36. The molecule has 1 unspecified atom stereocenters. The van der Waals surface area contributed by atoms with E-state index in [1.165, 1.54) is 11.3 Å². The van der Waals surface area contributed by atoms with Crippen LogP contribution in [-0.4, -0.2) is 60.2 Å². The van der Waals surface area contributed by atoms with Crippen LogP contribution in [0.5, 0.6) is 0 Å². The second kappa shape index (κ2) is 6.63. The number of aryl methyl sites for hydroxylation is 1. The minimum atomic E-state index is -0.303. The first-order chi connectivity index (χ1) is 11.5. The molecule has 3 rings (SSSR count). The standard InChI is InChI=1S/C18H23N3O3/c1-13-5-3-4-6-15(13)19-7-9-20(10-8-19)17(23)12-21-16(22)11-14(2)18(21)24/h3-6,14H,7-12H2,1-2H3. The molecule has 128 valence electrons. The largest absolute Gasteiger partial charge is 0.368 e. The van der Waals surface area contributed by atoms with Gasteiger partial charge in [-0.3, -0.25) is 19.3 Å². The molecule has 0 aromatic heterocycles. The van der Waals surface area contributed by atoms with Crippen molar-refractivity contribution in [3.8, 4) is 0 Å². The Balaban J connectivity index is 1.57. The minimum Gasteiger partial charge on any atom is -0.368 e. The predicted octanol–water partition coefficient (Wildman–Crippen LogP) is 1.04. The second-order valence-electron chi connectivity index (χ2n) is 6.58. The molecular weight excluding hydrogens is 306 g/mol. The summed E-state index contributed by atoms with van der Waals surface area (Å²) in [4.78, 5) is 41.3. The maximum absolute atomic E-state index is 12.4. The van der Waals surface area contributed by atoms with Crippen molar-refractivity contribution in [2.75, 3.05) is 37.6 Å². The number of hydrogen-bond acceptors (Lipinski definition) is 4. The third kappa shape index (κ3) is 3.13. The monoisotopic (exact) mass is 329 g/mol. The van der Waals surface area contributed by atoms with E-state index in [2.05, 4.69) is 24.0 Å². The number of benzene rings is 1. The first-order valence-electron chi connectivity index (χ1n) is 8.40. The van der Waals surface area contributed by atoms with E-state index in [0.717, 1.165) is 18.0 Å². The van der Waals surface area contributed by atoms with Crippen LogP contribution in [0.3, 0.4) is 0 Å². The number of rotatable bonds is 3. The number of nitrogens with zero attached hydrogens (tertiary/aromatic N) is 3. The van der Waals surface area contributed by atoms with Gasteiger partial charge in [-0.1, -0.05) is 25.1 Å². The van der Waals surface area contributed by atoms with Gasteiger partial charge < -0.3 is 9.80 Å². The number of carbonyl (C=O) groups is 3. The summed E-state index contributed by atoms with van der Waals surface area (Å²) in [5, 5.41) is 0. The average molecular weight is 329 g/mol. The molecule has 0 aliphatic carbocycles. The van der Waals surface area contributed by atoms with E-state index in [4.69, 9.17) is 0 Å². The molecule has 2 aliphatic rings. The average Bonchev–Trinajstić information content (AvgIpc) is 2.82. The van der Waals surface area contributed by atoms with E-state index in [-0.39, 0.29) is 36.6 Å². The Kier molecular flexibility index (Phi) is 4.55. The smallest absolute Gasteiger partial charge is 0.242 e. The zero-order valence-corrected chi connectivity index (χ0v) is 14.2. The quantitative estimate of drug-likeness (QED) is 0.778. The Morgan fingerprint density at radius 1 is 1.12 bits per heavy atom. The molecule has 1 atom stereocenters. The van der Waals surface area contributed by atoms with Gasteiger partial charge in [-0.25, -0.2) is 0 Å². The van der Waals surface area contributed by atoms with E-state index in [0.29, 0.717) is 13.1 Å². The number of carbonyl (C=O) groups excluding carboxylic acids is 3. The molecule has 3 amide bonds. The number of anilines is 1. The maximum atomic E-state index is 12.4. The maximum Gasteiger partial charge on any atom is 0.242 e. The van der Waals surface area contributed by atoms with Gasteiger partial charge in [-0.15, -0.1) is 0 Å². The van der Waals surface area contributed by atoms with E-state index in [1.54, 1.807) is 11.8 Å². The van der Waals surface area contributed by atoms with Gasteiger partial charge in [0, 0.05) is 44.2 Å². The highest BCUT2D eigenvalue weighted by Gasteiger charge is 2.37. The lowest BCUT2D eigenvalue weighted by Crippen LogP contribution is -2.52. The van der Waals surface area contributed by atoms with E-state index < -0.39 is 0 Å². The molecule has 2 heterocycles. The lowest BCUT2D eigenvalue weighted by Gasteiger charge is -2.37. The van der Waals surface area contributed by atoms with Crippen LogP contribution >= 0.6 is 0 Å². The highest BCUT2D eigenvalue weighted by atomic mass is 16.2. The molecule has 2 saturated heterocycles. The van der Waals surface area contributed by atoms with Crippen LogP contribution in [0.2, 0.25) is 0 Å². The van der Waals surface area contributed by atoms with Crippen molar-refractivity contribution in [2.45, 2.75) is 20.3 Å². The van der Waals surface area contributed by atoms with Gasteiger partial charge in [-0.2, -0.15) is 0 Å². The van der Waals surface area contributed by atoms with Crippen LogP contribution < -0.4 is 4.90 Å². The first-order valence-corrected chi connectivity index (χ1v) is 8.40. The van der Waals surface area contributed by atoms with E-state index >= 15 is 0 Å². The Labute approximate surface area is 142 Å². The molecule has 1 aromatic rings. The fraction of sp³-hybridized carbons (Fsp3) is 0.500. The summed E-state index contributed by atoms with van der Waals surface area (Å²) in [6.07, 6.45) is 0.215. The van der Waals surface area contributed by atoms with Gasteiger partial charge in [0.15, 0.2) is 0 Å². The van der Waals surface area contributed by atoms with E-state index in [9.17, 15) is 14.4 Å². The Morgan fingerprint density at radius 2 is 1.79 bits per heavy atom. The Morgan fingerprint density at radius 3 is 2.38 bits per heavy atom. The van der Waals surface area contributed by atoms with Crippen LogP contribution in [-0.2, 0) is 14.4 Å². The number of hydrogen-bond donors (Lipinski definition) is 0. The van der Waals surface area contributed by atoms with Gasteiger partial charge in [0.1, 0.15) is 6.54 Å². The molecule has 2 fully saturated rings. The van der Waals surface area contributed by atoms with Gasteiger partial charge in [0.2, 0.25) is 17.7 Å². The van der Waals surface area contributed by atoms with Crippen molar-refractivity contribution in [2.24, 2.45) is 5.92 Å². The lowest BCUT2D eigenvalue weighted by molar-refractivity contribution is -0.146. The highest BCUT2D eigenvalue weighted by molar-refractivity contribution is 6.05. The lowest BCUT2D eigenvalue weighted by atomic mass is 10.1. The van der Waals surface area contributed by atoms with E-state index in [1.807, 2.05) is 12.1 Å². The minimum absolute atomic E-state index is 0.119. The number of likely N-dealkylation sites (tertiary alicyclic amines) is 1. The summed E-state index contributed by atoms with van der Waals surface area (Å²) in [6, 6.07) is 8.21. The SMILES string of the molecule is Cc1ccccc1N1CCN(C(=O)CN2C(=O)CC(C)C2=O)CC1. The normalized spacial score (nSPS) is 21.6. The van der Waals surface area contributed by atoms with Crippen LogP contribution in [0.4, 0.5) is 5.69 Å². The molecule has 6 nitrogen and oxygen atoms in total. The number of amides is 3. The van der Waals surface area contributed by atoms with Crippen molar-refractivity contribution < 1.29 is 14.4 Å². The molecule has 0 bridgehead atoms. The van der Waals surface area contributed by atoms with Gasteiger partial charge in [-0.05, 0) is 18.6 Å². The van der Waals surface area contributed by atoms with Crippen LogP contribution in [0.15, 0.2) is 24.3 Å². The molecule has 0 N–H and O–H groups in total. The summed E-state index contributed by atoms with van der Waals surface area (Å²) >= 11 is 0. The molecule has 6 heteroatoms. The summed E-state index contributed by atoms with van der Waals surface area (Å²) in [5.74, 6) is -0.912. The summed E-state index contributed by atoms with van der Waals surface area (Å²) in [6.45, 7) is 6.43. The molecule has 0 saturated carbocycles. The topological polar surface area (TPSA) is 60.9 Å². The zero-order chi connectivity index (χ0) is 17.3. The van der Waals surface area contributed by atoms with Gasteiger partial charge in [0.05, 0.1) is 0 Å². The molecule has 24 heavy (non-hydrogen) atoms. The fourth-order valence-electron chi connectivity index (χ4n) is 3.36. The third-order valence-corrected chi connectivity index (χ3v) is 4.85. The number of imide groups is 1. The molecular formula is C18H23N3O3. The van der Waals surface area contributed by atoms with Crippen molar-refractivity contribution in [1.82, 2.24) is 9.80 Å². The number of piperazine rings is 1. The van der Waals surface area contributed by atoms with Crippen LogP contribution in [0, 0.1) is 12.8 Å². The third-order valence-electron chi connectivity index (χ3n) is 4.85. The molecule has 1 aromatic carbocycles. The number of para-hydroxylation sites is 1. The second-order valence-corrected chi connectivity index (χ2v) is 6.58. The van der Waals surface area contributed by atoms with Crippen LogP contribution in [0.25, 0.3) is 0 Å². The van der Waals surface area contributed by atoms with Crippen molar-refractivity contribution in [3.63, 3.8) is 0 Å². The van der Waals surface area contributed by atoms with Crippen LogP contribution in [0.1, 0.15) is 18.9 Å². The summed E-state index contributed by atoms with van der Waals surface area (Å²) in [5.41, 5.74) is 2.42.